The lowest BCUT2D eigenvalue weighted by Gasteiger charge is -2.11. The number of hydrogen-bond acceptors (Lipinski definition) is 3. The van der Waals surface area contributed by atoms with Crippen LogP contribution in [0.4, 0.5) is 14.9 Å². The van der Waals surface area contributed by atoms with Crippen molar-refractivity contribution < 1.29 is 14.0 Å². The van der Waals surface area contributed by atoms with Gasteiger partial charge in [0.15, 0.2) is 0 Å². The molecule has 4 nitrogen and oxygen atoms in total. The van der Waals surface area contributed by atoms with Gasteiger partial charge in [0.25, 0.3) is 11.1 Å². The SMILES string of the molecule is Cc1cc(C=C2SC(=O)N(c3ccccc3)C2=O)c(C)n1-c1ccc(F)c(Cl)c1. The van der Waals surface area contributed by atoms with Crippen LogP contribution in [0, 0.1) is 19.7 Å². The number of aryl methyl sites for hydroxylation is 1. The van der Waals surface area contributed by atoms with E-state index >= 15 is 0 Å². The van der Waals surface area contributed by atoms with Crippen molar-refractivity contribution in [1.29, 1.82) is 0 Å². The molecule has 1 aromatic heterocycles. The van der Waals surface area contributed by atoms with Gasteiger partial charge in [0, 0.05) is 17.1 Å². The van der Waals surface area contributed by atoms with Gasteiger partial charge in [-0.3, -0.25) is 9.59 Å². The molecule has 0 atom stereocenters. The number of rotatable bonds is 3. The average Bonchev–Trinajstić information content (AvgIpc) is 3.13. The molecule has 29 heavy (non-hydrogen) atoms. The zero-order valence-electron chi connectivity index (χ0n) is 15.6. The smallest absolute Gasteiger partial charge is 0.298 e. The van der Waals surface area contributed by atoms with Crippen LogP contribution in [0.25, 0.3) is 11.8 Å². The second-order valence-electron chi connectivity index (χ2n) is 6.61. The number of carbonyl (C=O) groups is 2. The maximum absolute atomic E-state index is 13.5. The molecule has 1 aliphatic rings. The minimum atomic E-state index is -0.479. The van der Waals surface area contributed by atoms with E-state index in [4.69, 9.17) is 11.6 Å². The number of nitrogens with zero attached hydrogens (tertiary/aromatic N) is 2. The molecule has 0 spiro atoms. The predicted octanol–water partition coefficient (Wildman–Crippen LogP) is 6.13. The molecular weight excluding hydrogens is 411 g/mol. The number of halogens is 2. The van der Waals surface area contributed by atoms with Gasteiger partial charge in [0.05, 0.1) is 15.6 Å². The molecule has 2 heterocycles. The summed E-state index contributed by atoms with van der Waals surface area (Å²) in [5, 5.41) is -0.285. The van der Waals surface area contributed by atoms with Gasteiger partial charge < -0.3 is 4.57 Å². The first-order valence-corrected chi connectivity index (χ1v) is 10.0. The number of amides is 2. The fourth-order valence-corrected chi connectivity index (χ4v) is 4.37. The third-order valence-electron chi connectivity index (χ3n) is 4.73. The van der Waals surface area contributed by atoms with Gasteiger partial charge in [-0.2, -0.15) is 0 Å². The van der Waals surface area contributed by atoms with Gasteiger partial charge in [-0.1, -0.05) is 29.8 Å². The normalized spacial score (nSPS) is 15.6. The molecule has 4 rings (SSSR count). The molecule has 1 fully saturated rings. The molecule has 7 heteroatoms. The molecule has 3 aromatic rings. The predicted molar refractivity (Wildman–Crippen MR) is 115 cm³/mol. The summed E-state index contributed by atoms with van der Waals surface area (Å²) >= 11 is 6.84. The lowest BCUT2D eigenvalue weighted by atomic mass is 10.2. The van der Waals surface area contributed by atoms with Crippen molar-refractivity contribution in [3.8, 4) is 5.69 Å². The molecule has 1 saturated heterocycles. The van der Waals surface area contributed by atoms with Crippen molar-refractivity contribution in [3.63, 3.8) is 0 Å². The molecule has 1 aliphatic heterocycles. The number of para-hydroxylation sites is 1. The Morgan fingerprint density at radius 1 is 1.00 bits per heavy atom. The Balaban J connectivity index is 1.71. The van der Waals surface area contributed by atoms with Crippen LogP contribution in [-0.2, 0) is 4.79 Å². The quantitative estimate of drug-likeness (QED) is 0.473. The summed E-state index contributed by atoms with van der Waals surface area (Å²) < 4.78 is 15.4. The first-order valence-electron chi connectivity index (χ1n) is 8.84. The summed E-state index contributed by atoms with van der Waals surface area (Å²) in [5.41, 5.74) is 3.84. The Morgan fingerprint density at radius 3 is 2.41 bits per heavy atom. The summed E-state index contributed by atoms with van der Waals surface area (Å²) in [6.45, 7) is 3.81. The monoisotopic (exact) mass is 426 g/mol. The minimum Gasteiger partial charge on any atom is -0.318 e. The van der Waals surface area contributed by atoms with Gasteiger partial charge in [-0.05, 0) is 73.6 Å². The molecule has 0 N–H and O–H groups in total. The maximum atomic E-state index is 13.5. The standard InChI is InChI=1S/C22H16ClFN2O2S/c1-13-10-15(14(2)25(13)17-8-9-19(24)18(23)12-17)11-20-21(27)26(22(28)29-20)16-6-4-3-5-7-16/h3-12H,1-2H3. The van der Waals surface area contributed by atoms with Crippen LogP contribution in [-0.4, -0.2) is 15.7 Å². The van der Waals surface area contributed by atoms with Crippen LogP contribution in [0.2, 0.25) is 5.02 Å². The number of thioether (sulfide) groups is 1. The van der Waals surface area contributed by atoms with Crippen molar-refractivity contribution >= 4 is 46.3 Å². The summed E-state index contributed by atoms with van der Waals surface area (Å²) in [4.78, 5) is 26.8. The summed E-state index contributed by atoms with van der Waals surface area (Å²) in [6, 6.07) is 15.3. The van der Waals surface area contributed by atoms with Crippen molar-refractivity contribution in [2.24, 2.45) is 0 Å². The second-order valence-corrected chi connectivity index (χ2v) is 8.01. The largest absolute Gasteiger partial charge is 0.318 e. The van der Waals surface area contributed by atoms with Crippen molar-refractivity contribution in [3.05, 3.63) is 87.3 Å². The minimum absolute atomic E-state index is 0.0422. The highest BCUT2D eigenvalue weighted by Crippen LogP contribution is 2.36. The maximum Gasteiger partial charge on any atom is 0.298 e. The van der Waals surface area contributed by atoms with E-state index in [1.807, 2.05) is 30.5 Å². The molecule has 0 unspecified atom stereocenters. The van der Waals surface area contributed by atoms with E-state index in [9.17, 15) is 14.0 Å². The number of anilines is 1. The van der Waals surface area contributed by atoms with Gasteiger partial charge in [0.1, 0.15) is 5.82 Å². The number of hydrogen-bond donors (Lipinski definition) is 0. The zero-order valence-corrected chi connectivity index (χ0v) is 17.2. The van der Waals surface area contributed by atoms with Crippen LogP contribution >= 0.6 is 23.4 Å². The topological polar surface area (TPSA) is 42.3 Å². The van der Waals surface area contributed by atoms with Crippen molar-refractivity contribution in [2.45, 2.75) is 13.8 Å². The molecule has 0 bridgehead atoms. The molecule has 0 radical (unpaired) electrons. The van der Waals surface area contributed by atoms with E-state index in [1.165, 1.54) is 11.0 Å². The van der Waals surface area contributed by atoms with Crippen molar-refractivity contribution in [1.82, 2.24) is 4.57 Å². The highest BCUT2D eigenvalue weighted by Gasteiger charge is 2.36. The van der Waals surface area contributed by atoms with Gasteiger partial charge in [-0.25, -0.2) is 9.29 Å². The molecule has 0 aliphatic carbocycles. The summed E-state index contributed by atoms with van der Waals surface area (Å²) in [7, 11) is 0. The summed E-state index contributed by atoms with van der Waals surface area (Å²) in [5.74, 6) is -0.825. The Bertz CT molecular complexity index is 1170. The Hall–Kier alpha value is -2.83. The first kappa shape index (κ1) is 19.5. The fraction of sp³-hybridized carbons (Fsp3) is 0.0909. The highest BCUT2D eigenvalue weighted by atomic mass is 35.5. The van der Waals surface area contributed by atoms with Gasteiger partial charge in [-0.15, -0.1) is 0 Å². The number of imide groups is 1. The van der Waals surface area contributed by atoms with Gasteiger partial charge in [0.2, 0.25) is 0 Å². The number of aromatic nitrogens is 1. The average molecular weight is 427 g/mol. The van der Waals surface area contributed by atoms with E-state index < -0.39 is 5.82 Å². The number of carbonyl (C=O) groups excluding carboxylic acids is 2. The third kappa shape index (κ3) is 3.50. The van der Waals surface area contributed by atoms with E-state index in [0.717, 1.165) is 34.4 Å². The van der Waals surface area contributed by atoms with Crippen molar-refractivity contribution in [2.75, 3.05) is 4.90 Å². The fourth-order valence-electron chi connectivity index (χ4n) is 3.36. The van der Waals surface area contributed by atoms with E-state index in [2.05, 4.69) is 0 Å². The lowest BCUT2D eigenvalue weighted by molar-refractivity contribution is -0.113. The van der Waals surface area contributed by atoms with Crippen LogP contribution in [0.3, 0.4) is 0 Å². The van der Waals surface area contributed by atoms with E-state index in [0.29, 0.717) is 10.6 Å². The second kappa shape index (κ2) is 7.54. The molecular formula is C22H16ClFN2O2S. The molecule has 146 valence electrons. The Labute approximate surface area is 176 Å². The Morgan fingerprint density at radius 2 is 1.72 bits per heavy atom. The number of benzene rings is 2. The van der Waals surface area contributed by atoms with Crippen LogP contribution in [0.1, 0.15) is 17.0 Å². The summed E-state index contributed by atoms with van der Waals surface area (Å²) in [6.07, 6.45) is 1.72. The van der Waals surface area contributed by atoms with E-state index in [-0.39, 0.29) is 16.2 Å². The molecule has 2 amide bonds. The zero-order chi connectivity index (χ0) is 20.7. The Kier molecular flexibility index (Phi) is 5.06. The van der Waals surface area contributed by atoms with Crippen LogP contribution in [0.5, 0.6) is 0 Å². The molecule has 2 aromatic carbocycles. The van der Waals surface area contributed by atoms with Gasteiger partial charge >= 0.3 is 0 Å². The lowest BCUT2D eigenvalue weighted by Crippen LogP contribution is -2.27. The third-order valence-corrected chi connectivity index (χ3v) is 5.89. The van der Waals surface area contributed by atoms with Crippen LogP contribution in [0.15, 0.2) is 59.5 Å². The molecule has 0 saturated carbocycles. The van der Waals surface area contributed by atoms with E-state index in [1.54, 1.807) is 42.5 Å². The highest BCUT2D eigenvalue weighted by molar-refractivity contribution is 8.19. The first-order chi connectivity index (χ1) is 13.9. The van der Waals surface area contributed by atoms with Crippen LogP contribution < -0.4 is 4.90 Å².